The first-order valence-corrected chi connectivity index (χ1v) is 8.23. The summed E-state index contributed by atoms with van der Waals surface area (Å²) in [6.07, 6.45) is 2.32. The van der Waals surface area contributed by atoms with Crippen molar-refractivity contribution in [1.29, 1.82) is 0 Å². The molecule has 0 aliphatic carbocycles. The molecule has 0 bridgehead atoms. The molecule has 0 fully saturated rings. The predicted molar refractivity (Wildman–Crippen MR) is 96.5 cm³/mol. The number of fused-ring (bicyclic) bond motifs is 1. The molecule has 0 spiro atoms. The summed E-state index contributed by atoms with van der Waals surface area (Å²) >= 11 is 8.63. The molecule has 3 rings (SSSR count). The SMILES string of the molecule is Cc1ccc2c(c1)CCCN2c1ccc(C(N)=S)c(Br)c1. The lowest BCUT2D eigenvalue weighted by Crippen LogP contribution is -2.24. The molecule has 2 aromatic rings. The molecule has 108 valence electrons. The van der Waals surface area contributed by atoms with Gasteiger partial charge < -0.3 is 10.6 Å². The van der Waals surface area contributed by atoms with E-state index in [2.05, 4.69) is 58.1 Å². The average molecular weight is 361 g/mol. The standard InChI is InChI=1S/C17H17BrN2S/c1-11-4-7-16-12(9-11)3-2-8-20(16)13-5-6-14(17(19)21)15(18)10-13/h4-7,9-10H,2-3,8H2,1H3,(H2,19,21). The van der Waals surface area contributed by atoms with Gasteiger partial charge in [-0.05, 0) is 65.5 Å². The van der Waals surface area contributed by atoms with Gasteiger partial charge in [-0.15, -0.1) is 0 Å². The highest BCUT2D eigenvalue weighted by atomic mass is 79.9. The topological polar surface area (TPSA) is 29.3 Å². The van der Waals surface area contributed by atoms with Crippen molar-refractivity contribution in [2.45, 2.75) is 19.8 Å². The van der Waals surface area contributed by atoms with Gasteiger partial charge in [0.2, 0.25) is 0 Å². The minimum Gasteiger partial charge on any atom is -0.389 e. The van der Waals surface area contributed by atoms with Gasteiger partial charge in [-0.2, -0.15) is 0 Å². The largest absolute Gasteiger partial charge is 0.389 e. The first kappa shape index (κ1) is 14.5. The zero-order valence-electron chi connectivity index (χ0n) is 11.9. The van der Waals surface area contributed by atoms with Crippen LogP contribution in [0.15, 0.2) is 40.9 Å². The molecule has 21 heavy (non-hydrogen) atoms. The lowest BCUT2D eigenvalue weighted by Gasteiger charge is -2.32. The number of hydrogen-bond donors (Lipinski definition) is 1. The van der Waals surface area contributed by atoms with Crippen LogP contribution in [0.4, 0.5) is 11.4 Å². The second-order valence-corrected chi connectivity index (χ2v) is 6.71. The van der Waals surface area contributed by atoms with Crippen LogP contribution in [-0.4, -0.2) is 11.5 Å². The fourth-order valence-corrected chi connectivity index (χ4v) is 3.76. The van der Waals surface area contributed by atoms with Crippen molar-refractivity contribution >= 4 is 44.5 Å². The number of rotatable bonds is 2. The van der Waals surface area contributed by atoms with Crippen molar-refractivity contribution in [3.05, 3.63) is 57.6 Å². The zero-order valence-corrected chi connectivity index (χ0v) is 14.3. The second kappa shape index (κ2) is 5.78. The van der Waals surface area contributed by atoms with E-state index in [1.54, 1.807) is 0 Å². The average Bonchev–Trinajstić information content (AvgIpc) is 2.45. The Morgan fingerprint density at radius 3 is 2.76 bits per heavy atom. The molecule has 4 heteroatoms. The Bertz CT molecular complexity index is 712. The number of benzene rings is 2. The van der Waals surface area contributed by atoms with Gasteiger partial charge in [0.25, 0.3) is 0 Å². The van der Waals surface area contributed by atoms with Crippen LogP contribution >= 0.6 is 28.1 Å². The number of anilines is 2. The number of aryl methyl sites for hydroxylation is 2. The van der Waals surface area contributed by atoms with E-state index in [4.69, 9.17) is 18.0 Å². The van der Waals surface area contributed by atoms with E-state index < -0.39 is 0 Å². The van der Waals surface area contributed by atoms with Crippen molar-refractivity contribution in [3.63, 3.8) is 0 Å². The summed E-state index contributed by atoms with van der Waals surface area (Å²) in [6.45, 7) is 3.18. The first-order chi connectivity index (χ1) is 10.1. The number of hydrogen-bond acceptors (Lipinski definition) is 2. The molecule has 0 aromatic heterocycles. The third-order valence-corrected chi connectivity index (χ3v) is 4.76. The minimum atomic E-state index is 0.420. The molecule has 0 saturated carbocycles. The molecular weight excluding hydrogens is 344 g/mol. The molecule has 2 nitrogen and oxygen atoms in total. The zero-order chi connectivity index (χ0) is 15.0. The van der Waals surface area contributed by atoms with Crippen LogP contribution in [0.5, 0.6) is 0 Å². The summed E-state index contributed by atoms with van der Waals surface area (Å²) in [5, 5.41) is 0. The number of nitrogens with two attached hydrogens (primary N) is 1. The van der Waals surface area contributed by atoms with E-state index in [1.807, 2.05) is 6.07 Å². The normalized spacial score (nSPS) is 13.9. The van der Waals surface area contributed by atoms with Crippen LogP contribution in [0.1, 0.15) is 23.1 Å². The maximum atomic E-state index is 5.72. The van der Waals surface area contributed by atoms with Gasteiger partial charge in [0.1, 0.15) is 4.99 Å². The Morgan fingerprint density at radius 2 is 2.05 bits per heavy atom. The van der Waals surface area contributed by atoms with E-state index in [1.165, 1.54) is 28.9 Å². The van der Waals surface area contributed by atoms with Gasteiger partial charge in [-0.1, -0.05) is 29.9 Å². The monoisotopic (exact) mass is 360 g/mol. The second-order valence-electron chi connectivity index (χ2n) is 5.42. The Labute approximate surface area is 139 Å². The van der Waals surface area contributed by atoms with E-state index in [9.17, 15) is 0 Å². The van der Waals surface area contributed by atoms with Gasteiger partial charge in [0.05, 0.1) is 0 Å². The van der Waals surface area contributed by atoms with Gasteiger partial charge in [-0.3, -0.25) is 0 Å². The minimum absolute atomic E-state index is 0.420. The molecule has 1 aliphatic heterocycles. The van der Waals surface area contributed by atoms with Gasteiger partial charge in [-0.25, -0.2) is 0 Å². The van der Waals surface area contributed by atoms with Crippen LogP contribution < -0.4 is 10.6 Å². The molecule has 2 N–H and O–H groups in total. The van der Waals surface area contributed by atoms with Crippen LogP contribution in [0.2, 0.25) is 0 Å². The quantitative estimate of drug-likeness (QED) is 0.800. The summed E-state index contributed by atoms with van der Waals surface area (Å²) in [7, 11) is 0. The molecule has 0 saturated heterocycles. The number of thiocarbonyl (C=S) groups is 1. The molecule has 0 amide bonds. The molecule has 0 unspecified atom stereocenters. The van der Waals surface area contributed by atoms with Crippen molar-refractivity contribution in [3.8, 4) is 0 Å². The van der Waals surface area contributed by atoms with Crippen LogP contribution in [-0.2, 0) is 6.42 Å². The van der Waals surface area contributed by atoms with Crippen molar-refractivity contribution in [2.75, 3.05) is 11.4 Å². The Balaban J connectivity index is 2.03. The van der Waals surface area contributed by atoms with Crippen molar-refractivity contribution < 1.29 is 0 Å². The van der Waals surface area contributed by atoms with E-state index >= 15 is 0 Å². The van der Waals surface area contributed by atoms with E-state index in [0.717, 1.165) is 23.0 Å². The van der Waals surface area contributed by atoms with E-state index in [-0.39, 0.29) is 0 Å². The molecule has 2 aromatic carbocycles. The summed E-state index contributed by atoms with van der Waals surface area (Å²) in [5.41, 5.74) is 11.8. The van der Waals surface area contributed by atoms with Crippen LogP contribution in [0, 0.1) is 6.92 Å². The molecule has 0 atom stereocenters. The fraction of sp³-hybridized carbons (Fsp3) is 0.235. The lowest BCUT2D eigenvalue weighted by molar-refractivity contribution is 0.766. The molecule has 1 heterocycles. The highest BCUT2D eigenvalue weighted by molar-refractivity contribution is 9.10. The highest BCUT2D eigenvalue weighted by Crippen LogP contribution is 2.35. The first-order valence-electron chi connectivity index (χ1n) is 7.02. The summed E-state index contributed by atoms with van der Waals surface area (Å²) in [4.78, 5) is 2.79. The Kier molecular flexibility index (Phi) is 4.00. The van der Waals surface area contributed by atoms with Gasteiger partial charge in [0, 0.05) is 28.0 Å². The maximum Gasteiger partial charge on any atom is 0.105 e. The number of halogens is 1. The predicted octanol–water partition coefficient (Wildman–Crippen LogP) is 4.48. The van der Waals surface area contributed by atoms with E-state index in [0.29, 0.717) is 4.99 Å². The van der Waals surface area contributed by atoms with Crippen LogP contribution in [0.25, 0.3) is 0 Å². The Hall–Kier alpha value is -1.39. The van der Waals surface area contributed by atoms with Gasteiger partial charge in [0.15, 0.2) is 0 Å². The highest BCUT2D eigenvalue weighted by Gasteiger charge is 2.19. The molecule has 0 radical (unpaired) electrons. The third-order valence-electron chi connectivity index (χ3n) is 3.88. The summed E-state index contributed by atoms with van der Waals surface area (Å²) < 4.78 is 0.951. The molecular formula is C17H17BrN2S. The van der Waals surface area contributed by atoms with Crippen LogP contribution in [0.3, 0.4) is 0 Å². The van der Waals surface area contributed by atoms with Gasteiger partial charge >= 0.3 is 0 Å². The Morgan fingerprint density at radius 1 is 1.24 bits per heavy atom. The third kappa shape index (κ3) is 2.83. The lowest BCUT2D eigenvalue weighted by atomic mass is 9.99. The summed E-state index contributed by atoms with van der Waals surface area (Å²) in [5.74, 6) is 0. The fourth-order valence-electron chi connectivity index (χ4n) is 2.87. The number of nitrogens with zero attached hydrogens (tertiary/aromatic N) is 1. The van der Waals surface area contributed by atoms with Crippen molar-refractivity contribution in [2.24, 2.45) is 5.73 Å². The summed E-state index contributed by atoms with van der Waals surface area (Å²) in [6, 6.07) is 12.9. The van der Waals surface area contributed by atoms with Crippen molar-refractivity contribution in [1.82, 2.24) is 0 Å². The molecule has 1 aliphatic rings. The smallest absolute Gasteiger partial charge is 0.105 e. The maximum absolute atomic E-state index is 5.72.